The predicted octanol–water partition coefficient (Wildman–Crippen LogP) is 2.59. The molecule has 140 valence electrons. The third-order valence-electron chi connectivity index (χ3n) is 7.41. The maximum Gasteiger partial charge on any atom is 0.227 e. The van der Waals surface area contributed by atoms with Gasteiger partial charge in [0.05, 0.1) is 6.42 Å². The second-order valence-electron chi connectivity index (χ2n) is 9.30. The van der Waals surface area contributed by atoms with Crippen LogP contribution in [0.1, 0.15) is 50.5 Å². The van der Waals surface area contributed by atoms with Gasteiger partial charge < -0.3 is 14.8 Å². The van der Waals surface area contributed by atoms with Crippen LogP contribution in [0.3, 0.4) is 0 Å². The molecule has 0 aromatic carbocycles. The van der Waals surface area contributed by atoms with E-state index in [1.165, 1.54) is 19.3 Å². The minimum absolute atomic E-state index is 0.131. The summed E-state index contributed by atoms with van der Waals surface area (Å²) in [7, 11) is 0. The third kappa shape index (κ3) is 2.85. The SMILES string of the molecule is O=C(Cc1cc[nH]c1)N1CCC2(CCCCN(C(=O)C3CC34CC4)C2)C1. The Morgan fingerprint density at radius 3 is 2.65 bits per heavy atom. The molecule has 1 aromatic rings. The van der Waals surface area contributed by atoms with Crippen LogP contribution in [0.25, 0.3) is 0 Å². The van der Waals surface area contributed by atoms with Crippen molar-refractivity contribution in [3.63, 3.8) is 0 Å². The molecule has 5 rings (SSSR count). The lowest BCUT2D eigenvalue weighted by Gasteiger charge is -2.33. The number of nitrogens with zero attached hydrogens (tertiary/aromatic N) is 2. The van der Waals surface area contributed by atoms with Gasteiger partial charge in [0.1, 0.15) is 0 Å². The quantitative estimate of drug-likeness (QED) is 0.906. The highest BCUT2D eigenvalue weighted by atomic mass is 16.2. The van der Waals surface area contributed by atoms with E-state index < -0.39 is 0 Å². The molecule has 5 nitrogen and oxygen atoms in total. The average molecular weight is 355 g/mol. The maximum absolute atomic E-state index is 13.0. The monoisotopic (exact) mass is 355 g/mol. The van der Waals surface area contributed by atoms with Crippen LogP contribution >= 0.6 is 0 Å². The number of H-pyrrole nitrogens is 1. The van der Waals surface area contributed by atoms with E-state index in [-0.39, 0.29) is 11.3 Å². The fraction of sp³-hybridized carbons (Fsp3) is 0.714. The molecule has 2 spiro atoms. The van der Waals surface area contributed by atoms with Crippen molar-refractivity contribution in [2.24, 2.45) is 16.7 Å². The second kappa shape index (κ2) is 5.86. The van der Waals surface area contributed by atoms with E-state index >= 15 is 0 Å². The molecule has 2 saturated carbocycles. The molecule has 3 heterocycles. The lowest BCUT2D eigenvalue weighted by molar-refractivity contribution is -0.134. The Labute approximate surface area is 155 Å². The van der Waals surface area contributed by atoms with Crippen LogP contribution in [0, 0.1) is 16.7 Å². The van der Waals surface area contributed by atoms with Crippen molar-refractivity contribution in [3.05, 3.63) is 24.0 Å². The van der Waals surface area contributed by atoms with E-state index in [9.17, 15) is 9.59 Å². The molecule has 2 aliphatic heterocycles. The number of hydrogen-bond acceptors (Lipinski definition) is 2. The Morgan fingerprint density at radius 2 is 1.92 bits per heavy atom. The third-order valence-corrected chi connectivity index (χ3v) is 7.41. The van der Waals surface area contributed by atoms with Crippen LogP contribution in [0.2, 0.25) is 0 Å². The first-order valence-corrected chi connectivity index (χ1v) is 10.3. The number of amides is 2. The van der Waals surface area contributed by atoms with Crippen LogP contribution < -0.4 is 0 Å². The fourth-order valence-corrected chi connectivity index (χ4v) is 5.42. The first-order chi connectivity index (χ1) is 12.6. The van der Waals surface area contributed by atoms with Crippen molar-refractivity contribution in [2.75, 3.05) is 26.2 Å². The van der Waals surface area contributed by atoms with Crippen LogP contribution in [0.4, 0.5) is 0 Å². The van der Waals surface area contributed by atoms with Gasteiger partial charge >= 0.3 is 0 Å². The molecule has 0 radical (unpaired) electrons. The zero-order valence-corrected chi connectivity index (χ0v) is 15.5. The van der Waals surface area contributed by atoms with E-state index in [4.69, 9.17) is 0 Å². The van der Waals surface area contributed by atoms with Gasteiger partial charge in [-0.05, 0) is 55.6 Å². The molecule has 5 heteroatoms. The number of carbonyl (C=O) groups excluding carboxylic acids is 2. The number of carbonyl (C=O) groups is 2. The summed E-state index contributed by atoms with van der Waals surface area (Å²) in [6.07, 6.45) is 12.4. The zero-order valence-electron chi connectivity index (χ0n) is 15.5. The molecule has 1 N–H and O–H groups in total. The van der Waals surface area contributed by atoms with E-state index in [1.54, 1.807) is 0 Å². The number of likely N-dealkylation sites (tertiary alicyclic amines) is 2. The van der Waals surface area contributed by atoms with Crippen molar-refractivity contribution in [2.45, 2.75) is 51.4 Å². The Morgan fingerprint density at radius 1 is 1.08 bits per heavy atom. The lowest BCUT2D eigenvalue weighted by atomic mass is 9.82. The van der Waals surface area contributed by atoms with Gasteiger partial charge in [0.15, 0.2) is 0 Å². The molecule has 1 aromatic heterocycles. The van der Waals surface area contributed by atoms with Gasteiger partial charge in [0, 0.05) is 49.9 Å². The summed E-state index contributed by atoms with van der Waals surface area (Å²) in [6, 6.07) is 1.97. The van der Waals surface area contributed by atoms with E-state index in [0.29, 0.717) is 23.7 Å². The Kier molecular flexibility index (Phi) is 3.70. The summed E-state index contributed by atoms with van der Waals surface area (Å²) >= 11 is 0. The zero-order chi connectivity index (χ0) is 17.8. The molecule has 2 amide bonds. The van der Waals surface area contributed by atoms with E-state index in [2.05, 4.69) is 9.88 Å². The summed E-state index contributed by atoms with van der Waals surface area (Å²) in [5, 5.41) is 0. The molecule has 26 heavy (non-hydrogen) atoms. The van der Waals surface area contributed by atoms with E-state index in [0.717, 1.165) is 57.4 Å². The topological polar surface area (TPSA) is 56.4 Å². The molecular formula is C21H29N3O2. The van der Waals surface area contributed by atoms with Gasteiger partial charge in [-0.1, -0.05) is 6.42 Å². The highest BCUT2D eigenvalue weighted by molar-refractivity contribution is 5.83. The Balaban J connectivity index is 1.24. The molecule has 0 bridgehead atoms. The number of nitrogens with one attached hydrogen (secondary N) is 1. The number of hydrogen-bond donors (Lipinski definition) is 1. The van der Waals surface area contributed by atoms with E-state index in [1.807, 2.05) is 23.4 Å². The summed E-state index contributed by atoms with van der Waals surface area (Å²) in [4.78, 5) is 32.9. The average Bonchev–Trinajstić information content (AvgIpc) is 3.46. The lowest BCUT2D eigenvalue weighted by Crippen LogP contribution is -2.43. The molecule has 2 saturated heterocycles. The summed E-state index contributed by atoms with van der Waals surface area (Å²) in [6.45, 7) is 3.46. The molecule has 2 unspecified atom stereocenters. The second-order valence-corrected chi connectivity index (χ2v) is 9.30. The van der Waals surface area contributed by atoms with Crippen molar-refractivity contribution in [3.8, 4) is 0 Å². The highest BCUT2D eigenvalue weighted by Crippen LogP contribution is 2.71. The fourth-order valence-electron chi connectivity index (χ4n) is 5.42. The molecular weight excluding hydrogens is 326 g/mol. The smallest absolute Gasteiger partial charge is 0.227 e. The number of aromatic nitrogens is 1. The molecule has 2 atom stereocenters. The van der Waals surface area contributed by atoms with Crippen LogP contribution in [-0.4, -0.2) is 52.8 Å². The predicted molar refractivity (Wildman–Crippen MR) is 98.3 cm³/mol. The maximum atomic E-state index is 13.0. The molecule has 4 aliphatic rings. The van der Waals surface area contributed by atoms with Gasteiger partial charge in [-0.2, -0.15) is 0 Å². The van der Waals surface area contributed by atoms with Crippen LogP contribution in [0.5, 0.6) is 0 Å². The summed E-state index contributed by atoms with van der Waals surface area (Å²) in [5.41, 5.74) is 1.62. The normalized spacial score (nSPS) is 32.1. The minimum atomic E-state index is 0.131. The largest absolute Gasteiger partial charge is 0.367 e. The molecule has 2 aliphatic carbocycles. The van der Waals surface area contributed by atoms with Gasteiger partial charge in [0.25, 0.3) is 0 Å². The standard InChI is InChI=1S/C21H29N3O2/c25-18(11-16-3-8-22-13-16)23-10-7-20(14-23)4-1-2-9-24(15-20)19(26)17-12-21(17)5-6-21/h3,8,13,17,22H,1-2,4-7,9-12,14-15H2. The van der Waals surface area contributed by atoms with Crippen LogP contribution in [-0.2, 0) is 16.0 Å². The van der Waals surface area contributed by atoms with Crippen molar-refractivity contribution in [1.29, 1.82) is 0 Å². The summed E-state index contributed by atoms with van der Waals surface area (Å²) < 4.78 is 0. The molecule has 4 fully saturated rings. The van der Waals surface area contributed by atoms with Gasteiger partial charge in [-0.3, -0.25) is 9.59 Å². The van der Waals surface area contributed by atoms with Crippen molar-refractivity contribution < 1.29 is 9.59 Å². The minimum Gasteiger partial charge on any atom is -0.367 e. The van der Waals surface area contributed by atoms with Crippen LogP contribution in [0.15, 0.2) is 18.5 Å². The Bertz CT molecular complexity index is 709. The number of rotatable bonds is 3. The van der Waals surface area contributed by atoms with Gasteiger partial charge in [-0.25, -0.2) is 0 Å². The van der Waals surface area contributed by atoms with Crippen molar-refractivity contribution in [1.82, 2.24) is 14.8 Å². The van der Waals surface area contributed by atoms with Gasteiger partial charge in [-0.15, -0.1) is 0 Å². The number of aromatic amines is 1. The Hall–Kier alpha value is -1.78. The summed E-state index contributed by atoms with van der Waals surface area (Å²) in [5.74, 6) is 0.967. The van der Waals surface area contributed by atoms with Crippen molar-refractivity contribution >= 4 is 11.8 Å². The van der Waals surface area contributed by atoms with Gasteiger partial charge in [0.2, 0.25) is 11.8 Å². The first kappa shape index (κ1) is 16.4. The highest BCUT2D eigenvalue weighted by Gasteiger charge is 2.66. The first-order valence-electron chi connectivity index (χ1n) is 10.3.